The highest BCUT2D eigenvalue weighted by Gasteiger charge is 2.19. The van der Waals surface area contributed by atoms with Crippen molar-refractivity contribution >= 4 is 5.69 Å². The zero-order chi connectivity index (χ0) is 12.4. The minimum absolute atomic E-state index is 0.665. The topological polar surface area (TPSA) is 19.4 Å². The lowest BCUT2D eigenvalue weighted by molar-refractivity contribution is 0.209. The summed E-state index contributed by atoms with van der Waals surface area (Å²) in [6.45, 7) is 13.3. The second-order valence-electron chi connectivity index (χ2n) is 5.22. The van der Waals surface area contributed by atoms with Gasteiger partial charge in [0.2, 0.25) is 0 Å². The zero-order valence-electron chi connectivity index (χ0n) is 11.4. The summed E-state index contributed by atoms with van der Waals surface area (Å²) in [5.74, 6) is 0. The van der Waals surface area contributed by atoms with Gasteiger partial charge in [-0.2, -0.15) is 0 Å². The molecule has 1 saturated heterocycles. The van der Waals surface area contributed by atoms with Gasteiger partial charge in [-0.15, -0.1) is 0 Å². The molecule has 3 nitrogen and oxygen atoms in total. The molecular weight excluding hydrogens is 210 g/mol. The van der Waals surface area contributed by atoms with E-state index in [0.717, 1.165) is 37.6 Å². The molecule has 0 spiro atoms. The fourth-order valence-electron chi connectivity index (χ4n) is 2.49. The molecule has 17 heavy (non-hydrogen) atoms. The third-order valence-corrected chi connectivity index (χ3v) is 3.48. The van der Waals surface area contributed by atoms with Gasteiger partial charge >= 0.3 is 0 Å². The van der Waals surface area contributed by atoms with Crippen LogP contribution in [0.1, 0.15) is 25.2 Å². The quantitative estimate of drug-likeness (QED) is 0.781. The van der Waals surface area contributed by atoms with E-state index in [-0.39, 0.29) is 0 Å². The Kier molecular flexibility index (Phi) is 3.67. The lowest BCUT2D eigenvalue weighted by atomic mass is 10.2. The predicted octanol–water partition coefficient (Wildman–Crippen LogP) is 2.23. The second kappa shape index (κ2) is 5.05. The molecule has 94 valence electrons. The van der Waals surface area contributed by atoms with Gasteiger partial charge < -0.3 is 4.90 Å². The summed E-state index contributed by atoms with van der Waals surface area (Å²) in [7, 11) is 0. The van der Waals surface area contributed by atoms with Crippen LogP contribution >= 0.6 is 0 Å². The number of nitrogens with zero attached hydrogens (tertiary/aromatic N) is 3. The molecule has 2 heterocycles. The van der Waals surface area contributed by atoms with Crippen molar-refractivity contribution in [2.75, 3.05) is 31.1 Å². The van der Waals surface area contributed by atoms with Crippen LogP contribution in [-0.2, 0) is 0 Å². The maximum atomic E-state index is 4.44. The summed E-state index contributed by atoms with van der Waals surface area (Å²) in [6, 6.07) is 5.05. The van der Waals surface area contributed by atoms with E-state index >= 15 is 0 Å². The number of aryl methyl sites for hydroxylation is 2. The first-order valence-corrected chi connectivity index (χ1v) is 6.50. The highest BCUT2D eigenvalue weighted by Crippen LogP contribution is 2.19. The Hall–Kier alpha value is -1.09. The van der Waals surface area contributed by atoms with Crippen molar-refractivity contribution in [3.8, 4) is 0 Å². The standard InChI is InChI=1S/C14H23N3/c1-11(2)16-5-7-17(8-6-16)14-9-12(3)15-13(4)10-14/h9-11H,5-8H2,1-4H3. The van der Waals surface area contributed by atoms with E-state index in [1.807, 2.05) is 0 Å². The Morgan fingerprint density at radius 2 is 1.53 bits per heavy atom. The van der Waals surface area contributed by atoms with Gasteiger partial charge in [-0.3, -0.25) is 9.88 Å². The third-order valence-electron chi connectivity index (χ3n) is 3.48. The number of rotatable bonds is 2. The lowest BCUT2D eigenvalue weighted by Crippen LogP contribution is -2.48. The highest BCUT2D eigenvalue weighted by molar-refractivity contribution is 5.48. The van der Waals surface area contributed by atoms with Gasteiger partial charge in [-0.05, 0) is 39.8 Å². The molecule has 2 rings (SSSR count). The van der Waals surface area contributed by atoms with Gasteiger partial charge in [0, 0.05) is 49.3 Å². The SMILES string of the molecule is Cc1cc(N2CCN(C(C)C)CC2)cc(C)n1. The predicted molar refractivity (Wildman–Crippen MR) is 72.6 cm³/mol. The van der Waals surface area contributed by atoms with E-state index in [9.17, 15) is 0 Å². The molecule has 1 aliphatic rings. The van der Waals surface area contributed by atoms with Gasteiger partial charge in [0.25, 0.3) is 0 Å². The number of hydrogen-bond acceptors (Lipinski definition) is 3. The van der Waals surface area contributed by atoms with Crippen LogP contribution in [0.3, 0.4) is 0 Å². The molecule has 0 unspecified atom stereocenters. The fraction of sp³-hybridized carbons (Fsp3) is 0.643. The lowest BCUT2D eigenvalue weighted by Gasteiger charge is -2.38. The Labute approximate surface area is 104 Å². The molecule has 0 atom stereocenters. The Morgan fingerprint density at radius 1 is 1.00 bits per heavy atom. The molecule has 1 aliphatic heterocycles. The maximum Gasteiger partial charge on any atom is 0.0403 e. The normalized spacial score (nSPS) is 17.8. The van der Waals surface area contributed by atoms with E-state index in [0.29, 0.717) is 6.04 Å². The van der Waals surface area contributed by atoms with Crippen LogP contribution in [0.4, 0.5) is 5.69 Å². The molecule has 3 heteroatoms. The summed E-state index contributed by atoms with van der Waals surface area (Å²) in [6.07, 6.45) is 0. The van der Waals surface area contributed by atoms with Gasteiger partial charge in [-0.25, -0.2) is 0 Å². The first kappa shape index (κ1) is 12.4. The van der Waals surface area contributed by atoms with Crippen LogP contribution in [0.2, 0.25) is 0 Å². The molecule has 1 aromatic heterocycles. The van der Waals surface area contributed by atoms with Crippen LogP contribution in [-0.4, -0.2) is 42.1 Å². The van der Waals surface area contributed by atoms with E-state index in [2.05, 4.69) is 54.6 Å². The Balaban J connectivity index is 2.05. The molecule has 0 radical (unpaired) electrons. The van der Waals surface area contributed by atoms with E-state index < -0.39 is 0 Å². The van der Waals surface area contributed by atoms with E-state index in [4.69, 9.17) is 0 Å². The average molecular weight is 233 g/mol. The smallest absolute Gasteiger partial charge is 0.0403 e. The van der Waals surface area contributed by atoms with Gasteiger partial charge in [0.1, 0.15) is 0 Å². The average Bonchev–Trinajstić information content (AvgIpc) is 2.28. The molecule has 0 N–H and O–H groups in total. The van der Waals surface area contributed by atoms with Crippen molar-refractivity contribution in [2.45, 2.75) is 33.7 Å². The number of piperazine rings is 1. The van der Waals surface area contributed by atoms with Crippen LogP contribution in [0, 0.1) is 13.8 Å². The van der Waals surface area contributed by atoms with Crippen molar-refractivity contribution in [1.29, 1.82) is 0 Å². The first-order valence-electron chi connectivity index (χ1n) is 6.50. The largest absolute Gasteiger partial charge is 0.369 e. The number of hydrogen-bond donors (Lipinski definition) is 0. The van der Waals surface area contributed by atoms with Gasteiger partial charge in [0.15, 0.2) is 0 Å². The maximum absolute atomic E-state index is 4.44. The number of aromatic nitrogens is 1. The van der Waals surface area contributed by atoms with Crippen molar-refractivity contribution in [3.63, 3.8) is 0 Å². The number of pyridine rings is 1. The Bertz CT molecular complexity index is 359. The van der Waals surface area contributed by atoms with Crippen LogP contribution in [0.5, 0.6) is 0 Å². The number of anilines is 1. The molecule has 0 aromatic carbocycles. The third kappa shape index (κ3) is 2.97. The molecule has 0 bridgehead atoms. The van der Waals surface area contributed by atoms with Gasteiger partial charge in [0.05, 0.1) is 0 Å². The monoisotopic (exact) mass is 233 g/mol. The van der Waals surface area contributed by atoms with Crippen molar-refractivity contribution in [2.24, 2.45) is 0 Å². The second-order valence-corrected chi connectivity index (χ2v) is 5.22. The first-order chi connectivity index (χ1) is 8.06. The molecule has 1 fully saturated rings. The molecular formula is C14H23N3. The minimum atomic E-state index is 0.665. The van der Waals surface area contributed by atoms with Crippen molar-refractivity contribution < 1.29 is 0 Å². The Morgan fingerprint density at radius 3 is 2.00 bits per heavy atom. The molecule has 1 aromatic rings. The van der Waals surface area contributed by atoms with Gasteiger partial charge in [-0.1, -0.05) is 0 Å². The minimum Gasteiger partial charge on any atom is -0.369 e. The zero-order valence-corrected chi connectivity index (χ0v) is 11.4. The highest BCUT2D eigenvalue weighted by atomic mass is 15.3. The summed E-state index contributed by atoms with van der Waals surface area (Å²) in [5.41, 5.74) is 3.57. The molecule has 0 saturated carbocycles. The van der Waals surface area contributed by atoms with E-state index in [1.165, 1.54) is 5.69 Å². The van der Waals surface area contributed by atoms with Crippen molar-refractivity contribution in [1.82, 2.24) is 9.88 Å². The summed E-state index contributed by atoms with van der Waals surface area (Å²) in [5, 5.41) is 0. The summed E-state index contributed by atoms with van der Waals surface area (Å²) < 4.78 is 0. The fourth-order valence-corrected chi connectivity index (χ4v) is 2.49. The van der Waals surface area contributed by atoms with Crippen molar-refractivity contribution in [3.05, 3.63) is 23.5 Å². The molecule has 0 amide bonds. The summed E-state index contributed by atoms with van der Waals surface area (Å²) in [4.78, 5) is 9.45. The molecule has 0 aliphatic carbocycles. The van der Waals surface area contributed by atoms with Crippen LogP contribution in [0.25, 0.3) is 0 Å². The summed E-state index contributed by atoms with van der Waals surface area (Å²) >= 11 is 0. The van der Waals surface area contributed by atoms with Crippen LogP contribution in [0.15, 0.2) is 12.1 Å². The van der Waals surface area contributed by atoms with E-state index in [1.54, 1.807) is 0 Å². The van der Waals surface area contributed by atoms with Crippen LogP contribution < -0.4 is 4.90 Å².